The van der Waals surface area contributed by atoms with Crippen molar-refractivity contribution in [3.63, 3.8) is 0 Å². The van der Waals surface area contributed by atoms with Crippen LogP contribution in [0.2, 0.25) is 0 Å². The van der Waals surface area contributed by atoms with E-state index in [0.717, 1.165) is 6.42 Å². The quantitative estimate of drug-likeness (QED) is 0.543. The Morgan fingerprint density at radius 1 is 1.86 bits per heavy atom. The Balaban J connectivity index is 3.03. The van der Waals surface area contributed by atoms with Crippen LogP contribution in [0.15, 0.2) is 0 Å². The van der Waals surface area contributed by atoms with Gasteiger partial charge in [-0.3, -0.25) is 0 Å². The highest BCUT2D eigenvalue weighted by atomic mass is 16.3. The fraction of sp³-hybridized carbons (Fsp3) is 0.800. The van der Waals surface area contributed by atoms with Gasteiger partial charge in [0.15, 0.2) is 0 Å². The van der Waals surface area contributed by atoms with E-state index in [1.165, 1.54) is 0 Å². The Labute approximate surface area is 43.6 Å². The SMILES string of the molecule is C#[N+]CC(O)CC. The second-order valence-corrected chi connectivity index (χ2v) is 1.43. The highest BCUT2D eigenvalue weighted by Gasteiger charge is 2.02. The molecule has 2 heteroatoms. The molecule has 0 aromatic rings. The molecule has 0 aliphatic rings. The molecule has 0 aliphatic heterocycles. The first kappa shape index (κ1) is 6.45. The van der Waals surface area contributed by atoms with Crippen LogP contribution in [0.5, 0.6) is 0 Å². The minimum absolute atomic E-state index is 0.343. The zero-order valence-corrected chi connectivity index (χ0v) is 4.46. The van der Waals surface area contributed by atoms with Crippen molar-refractivity contribution in [2.24, 2.45) is 0 Å². The first-order valence-electron chi connectivity index (χ1n) is 2.36. The van der Waals surface area contributed by atoms with Crippen LogP contribution in [0.4, 0.5) is 0 Å². The summed E-state index contributed by atoms with van der Waals surface area (Å²) in [6.45, 7) is 7.01. The van der Waals surface area contributed by atoms with Crippen LogP contribution >= 0.6 is 0 Å². The summed E-state index contributed by atoms with van der Waals surface area (Å²) in [6, 6.07) is 0. The molecular weight excluding hydrogens is 90.1 g/mol. The lowest BCUT2D eigenvalue weighted by Gasteiger charge is -1.90. The lowest BCUT2D eigenvalue weighted by Crippen LogP contribution is -2.06. The van der Waals surface area contributed by atoms with Crippen LogP contribution in [-0.4, -0.2) is 17.8 Å². The Kier molecular flexibility index (Phi) is 3.35. The zero-order chi connectivity index (χ0) is 5.70. The average molecular weight is 100 g/mol. The van der Waals surface area contributed by atoms with E-state index in [1.54, 1.807) is 0 Å². The molecular formula is C5H10NO+. The number of aliphatic hydroxyl groups excluding tert-OH is 1. The molecule has 0 saturated carbocycles. The minimum Gasteiger partial charge on any atom is -0.385 e. The molecule has 0 aliphatic carbocycles. The predicted octanol–water partition coefficient (Wildman–Crippen LogP) is 0.720. The van der Waals surface area contributed by atoms with E-state index < -0.39 is 0 Å². The number of hydrogen-bond donors (Lipinski definition) is 1. The van der Waals surface area contributed by atoms with Gasteiger partial charge in [-0.25, -0.2) is 0 Å². The lowest BCUT2D eigenvalue weighted by atomic mass is 10.3. The zero-order valence-electron chi connectivity index (χ0n) is 4.46. The van der Waals surface area contributed by atoms with Crippen LogP contribution in [-0.2, 0) is 0 Å². The highest BCUT2D eigenvalue weighted by Crippen LogP contribution is 1.87. The van der Waals surface area contributed by atoms with Gasteiger partial charge in [-0.15, -0.1) is 0 Å². The smallest absolute Gasteiger partial charge is 0.288 e. The molecule has 0 amide bonds. The Hall–Kier alpha value is -0.550. The predicted molar refractivity (Wildman–Crippen MR) is 29.5 cm³/mol. The first-order chi connectivity index (χ1) is 3.31. The Morgan fingerprint density at radius 3 is 2.57 bits per heavy atom. The van der Waals surface area contributed by atoms with Gasteiger partial charge in [0.25, 0.3) is 13.1 Å². The van der Waals surface area contributed by atoms with Gasteiger partial charge < -0.3 is 5.11 Å². The summed E-state index contributed by atoms with van der Waals surface area (Å²) in [7, 11) is 0. The van der Waals surface area contributed by atoms with E-state index in [2.05, 4.69) is 4.85 Å². The van der Waals surface area contributed by atoms with Crippen molar-refractivity contribution in [1.29, 1.82) is 0 Å². The summed E-state index contributed by atoms with van der Waals surface area (Å²) >= 11 is 0. The van der Waals surface area contributed by atoms with E-state index in [1.807, 2.05) is 6.92 Å². The van der Waals surface area contributed by atoms with E-state index in [9.17, 15) is 0 Å². The molecule has 0 saturated heterocycles. The van der Waals surface area contributed by atoms with Gasteiger partial charge in [-0.05, 0) is 6.42 Å². The van der Waals surface area contributed by atoms with Crippen LogP contribution in [0.1, 0.15) is 13.3 Å². The van der Waals surface area contributed by atoms with Crippen LogP contribution in [0.25, 0.3) is 4.85 Å². The molecule has 0 aromatic heterocycles. The molecule has 2 nitrogen and oxygen atoms in total. The maximum Gasteiger partial charge on any atom is 0.288 e. The van der Waals surface area contributed by atoms with Gasteiger partial charge in [0.05, 0.1) is 0 Å². The molecule has 40 valence electrons. The van der Waals surface area contributed by atoms with Crippen molar-refractivity contribution in [1.82, 2.24) is 0 Å². The first-order valence-corrected chi connectivity index (χ1v) is 2.36. The Morgan fingerprint density at radius 2 is 2.43 bits per heavy atom. The topological polar surface area (TPSA) is 24.6 Å². The summed E-state index contributed by atoms with van der Waals surface area (Å²) in [6.07, 6.45) is 0.380. The third-order valence-electron chi connectivity index (χ3n) is 0.787. The minimum atomic E-state index is -0.343. The summed E-state index contributed by atoms with van der Waals surface area (Å²) < 4.78 is 0. The van der Waals surface area contributed by atoms with Gasteiger partial charge in [0.2, 0.25) is 0 Å². The molecule has 0 radical (unpaired) electrons. The molecule has 1 N–H and O–H groups in total. The molecule has 1 atom stereocenters. The number of hydrogen-bond acceptors (Lipinski definition) is 1. The van der Waals surface area contributed by atoms with Crippen molar-refractivity contribution in [2.75, 3.05) is 6.54 Å². The summed E-state index contributed by atoms with van der Waals surface area (Å²) in [5, 5.41) is 8.68. The molecule has 0 aromatic carbocycles. The van der Waals surface area contributed by atoms with Crippen molar-refractivity contribution >= 4 is 0 Å². The van der Waals surface area contributed by atoms with E-state index in [0.29, 0.717) is 6.54 Å². The van der Waals surface area contributed by atoms with Crippen LogP contribution < -0.4 is 0 Å². The van der Waals surface area contributed by atoms with Gasteiger partial charge in [-0.1, -0.05) is 11.8 Å². The highest BCUT2D eigenvalue weighted by molar-refractivity contribution is 4.70. The molecule has 0 rings (SSSR count). The lowest BCUT2D eigenvalue weighted by molar-refractivity contribution is 0.187. The summed E-state index contributed by atoms with van der Waals surface area (Å²) in [4.78, 5) is 3.26. The van der Waals surface area contributed by atoms with E-state index in [4.69, 9.17) is 11.7 Å². The van der Waals surface area contributed by atoms with Gasteiger partial charge in [0, 0.05) is 0 Å². The molecule has 0 bridgehead atoms. The molecule has 0 heterocycles. The molecule has 7 heavy (non-hydrogen) atoms. The number of nitrogens with zero attached hydrogens (tertiary/aromatic N) is 1. The Bertz CT molecular complexity index is 74.6. The normalized spacial score (nSPS) is 12.7. The van der Waals surface area contributed by atoms with Crippen LogP contribution in [0.3, 0.4) is 0 Å². The van der Waals surface area contributed by atoms with Gasteiger partial charge in [-0.2, -0.15) is 0 Å². The van der Waals surface area contributed by atoms with Gasteiger partial charge in [0.1, 0.15) is 6.10 Å². The average Bonchev–Trinajstić information content (AvgIpc) is 1.68. The van der Waals surface area contributed by atoms with Crippen molar-refractivity contribution in [3.05, 3.63) is 4.85 Å². The summed E-state index contributed by atoms with van der Waals surface area (Å²) in [5.74, 6) is 0. The number of rotatable bonds is 2. The second-order valence-electron chi connectivity index (χ2n) is 1.43. The third-order valence-corrected chi connectivity index (χ3v) is 0.787. The van der Waals surface area contributed by atoms with E-state index in [-0.39, 0.29) is 6.10 Å². The van der Waals surface area contributed by atoms with Crippen molar-refractivity contribution < 1.29 is 5.11 Å². The largest absolute Gasteiger partial charge is 0.385 e. The van der Waals surface area contributed by atoms with Gasteiger partial charge >= 0.3 is 0 Å². The summed E-state index contributed by atoms with van der Waals surface area (Å²) in [5.41, 5.74) is 0. The second kappa shape index (κ2) is 3.63. The maximum absolute atomic E-state index is 8.68. The molecule has 1 unspecified atom stereocenters. The molecule has 0 spiro atoms. The number of aliphatic hydroxyl groups is 1. The maximum atomic E-state index is 8.68. The van der Waals surface area contributed by atoms with Crippen molar-refractivity contribution in [3.8, 4) is 6.57 Å². The van der Waals surface area contributed by atoms with Crippen LogP contribution in [0, 0.1) is 6.57 Å². The fourth-order valence-electron chi connectivity index (χ4n) is 0.251. The standard InChI is InChI=1S/C5H10NO/c1-3-5(7)4-6-2/h2,5,7H,3-4H2,1H3/q+1. The fourth-order valence-corrected chi connectivity index (χ4v) is 0.251. The van der Waals surface area contributed by atoms with Crippen molar-refractivity contribution in [2.45, 2.75) is 19.4 Å². The molecule has 0 fully saturated rings. The van der Waals surface area contributed by atoms with E-state index >= 15 is 0 Å². The monoisotopic (exact) mass is 100 g/mol. The third kappa shape index (κ3) is 3.28.